The van der Waals surface area contributed by atoms with Crippen LogP contribution < -0.4 is 4.90 Å². The van der Waals surface area contributed by atoms with E-state index in [1.807, 2.05) is 22.7 Å². The van der Waals surface area contributed by atoms with Crippen LogP contribution in [0.15, 0.2) is 200 Å². The van der Waals surface area contributed by atoms with Crippen LogP contribution in [0.3, 0.4) is 0 Å². The number of hydrogen-bond acceptors (Lipinski definition) is 3. The zero-order chi connectivity index (χ0) is 36.3. The topological polar surface area (TPSA) is 3.24 Å². The molecule has 11 rings (SSSR count). The summed E-state index contributed by atoms with van der Waals surface area (Å²) >= 11 is 3.76. The molecule has 11 aromatic rings. The van der Waals surface area contributed by atoms with Crippen LogP contribution in [-0.2, 0) is 0 Å². The maximum Gasteiger partial charge on any atom is 0.0640 e. The number of anilines is 3. The first-order valence-corrected chi connectivity index (χ1v) is 20.3. The van der Waals surface area contributed by atoms with Gasteiger partial charge >= 0.3 is 0 Å². The van der Waals surface area contributed by atoms with Gasteiger partial charge in [0, 0.05) is 52.6 Å². The standard InChI is InChI=1S/C52H33NS2/c1-3-12-34(13-4-1)40-31-45(37-15-5-2-6-16-37)51-47(32-40)44-19-11-20-48(52(44)55-51)53(42-28-29-50-46(33-42)43-18-9-10-21-49(43)54-50)41-26-24-36(25-27-41)39-23-22-35-14-7-8-17-38(35)30-39/h1-33H. The molecule has 0 aliphatic rings. The molecule has 0 aliphatic carbocycles. The maximum atomic E-state index is 2.47. The van der Waals surface area contributed by atoms with Gasteiger partial charge in [0.1, 0.15) is 0 Å². The first-order chi connectivity index (χ1) is 27.2. The normalized spacial score (nSPS) is 11.6. The van der Waals surface area contributed by atoms with E-state index in [1.165, 1.54) is 90.2 Å². The second-order valence-electron chi connectivity index (χ2n) is 14.1. The molecule has 0 saturated carbocycles. The van der Waals surface area contributed by atoms with Crippen LogP contribution in [0.1, 0.15) is 0 Å². The summed E-state index contributed by atoms with van der Waals surface area (Å²) in [5.74, 6) is 0. The summed E-state index contributed by atoms with van der Waals surface area (Å²) in [6, 6.07) is 73.4. The summed E-state index contributed by atoms with van der Waals surface area (Å²) in [4.78, 5) is 2.47. The summed E-state index contributed by atoms with van der Waals surface area (Å²) in [5.41, 5.74) is 10.8. The third-order valence-electron chi connectivity index (χ3n) is 10.8. The number of nitrogens with zero attached hydrogens (tertiary/aromatic N) is 1. The molecule has 0 radical (unpaired) electrons. The van der Waals surface area contributed by atoms with E-state index >= 15 is 0 Å². The molecule has 0 saturated heterocycles. The zero-order valence-electron chi connectivity index (χ0n) is 29.8. The van der Waals surface area contributed by atoms with Gasteiger partial charge in [-0.2, -0.15) is 0 Å². The molecule has 3 heteroatoms. The second-order valence-corrected chi connectivity index (χ2v) is 16.2. The lowest BCUT2D eigenvalue weighted by molar-refractivity contribution is 1.31. The molecule has 0 aliphatic heterocycles. The quantitative estimate of drug-likeness (QED) is 0.164. The fraction of sp³-hybridized carbons (Fsp3) is 0. The Morgan fingerprint density at radius 3 is 1.80 bits per heavy atom. The highest BCUT2D eigenvalue weighted by atomic mass is 32.1. The minimum absolute atomic E-state index is 1.13. The number of fused-ring (bicyclic) bond motifs is 7. The molecule has 0 N–H and O–H groups in total. The molecule has 258 valence electrons. The lowest BCUT2D eigenvalue weighted by Gasteiger charge is -2.26. The highest BCUT2D eigenvalue weighted by Crippen LogP contribution is 2.49. The van der Waals surface area contributed by atoms with Crippen molar-refractivity contribution in [2.45, 2.75) is 0 Å². The Morgan fingerprint density at radius 1 is 0.309 bits per heavy atom. The minimum Gasteiger partial charge on any atom is -0.309 e. The number of rotatable bonds is 6. The van der Waals surface area contributed by atoms with Crippen molar-refractivity contribution in [3.8, 4) is 33.4 Å². The molecule has 0 amide bonds. The van der Waals surface area contributed by atoms with E-state index < -0.39 is 0 Å². The molecule has 9 aromatic carbocycles. The third-order valence-corrected chi connectivity index (χ3v) is 13.3. The van der Waals surface area contributed by atoms with E-state index in [4.69, 9.17) is 0 Å². The van der Waals surface area contributed by atoms with Crippen molar-refractivity contribution in [2.75, 3.05) is 4.90 Å². The van der Waals surface area contributed by atoms with Gasteiger partial charge in [0.2, 0.25) is 0 Å². The van der Waals surface area contributed by atoms with Crippen molar-refractivity contribution in [2.24, 2.45) is 0 Å². The van der Waals surface area contributed by atoms with E-state index in [2.05, 4.69) is 205 Å². The van der Waals surface area contributed by atoms with Gasteiger partial charge in [0.25, 0.3) is 0 Å². The fourth-order valence-corrected chi connectivity index (χ4v) is 10.6. The van der Waals surface area contributed by atoms with Crippen LogP contribution >= 0.6 is 22.7 Å². The Balaban J connectivity index is 1.14. The van der Waals surface area contributed by atoms with E-state index in [1.54, 1.807) is 0 Å². The average molecular weight is 736 g/mol. The maximum absolute atomic E-state index is 2.47. The summed E-state index contributed by atoms with van der Waals surface area (Å²) in [6.07, 6.45) is 0. The Morgan fingerprint density at radius 2 is 0.964 bits per heavy atom. The van der Waals surface area contributed by atoms with Gasteiger partial charge in [-0.15, -0.1) is 22.7 Å². The van der Waals surface area contributed by atoms with Crippen LogP contribution in [0.5, 0.6) is 0 Å². The van der Waals surface area contributed by atoms with E-state index in [-0.39, 0.29) is 0 Å². The predicted molar refractivity (Wildman–Crippen MR) is 241 cm³/mol. The Kier molecular flexibility index (Phi) is 7.61. The van der Waals surface area contributed by atoms with Gasteiger partial charge in [-0.3, -0.25) is 0 Å². The molecule has 55 heavy (non-hydrogen) atoms. The smallest absolute Gasteiger partial charge is 0.0640 e. The Hall–Kier alpha value is -6.52. The van der Waals surface area contributed by atoms with Gasteiger partial charge in [0.05, 0.1) is 10.4 Å². The lowest BCUT2D eigenvalue weighted by Crippen LogP contribution is -2.10. The molecule has 0 fully saturated rings. The highest BCUT2D eigenvalue weighted by Gasteiger charge is 2.21. The van der Waals surface area contributed by atoms with E-state index in [0.29, 0.717) is 0 Å². The van der Waals surface area contributed by atoms with Crippen LogP contribution in [0.4, 0.5) is 17.1 Å². The van der Waals surface area contributed by atoms with Gasteiger partial charge < -0.3 is 4.90 Å². The van der Waals surface area contributed by atoms with Crippen molar-refractivity contribution in [1.29, 1.82) is 0 Å². The van der Waals surface area contributed by atoms with Crippen molar-refractivity contribution >= 4 is 90.9 Å². The van der Waals surface area contributed by atoms with Crippen molar-refractivity contribution in [1.82, 2.24) is 0 Å². The van der Waals surface area contributed by atoms with Gasteiger partial charge in [-0.25, -0.2) is 0 Å². The average Bonchev–Trinajstić information content (AvgIpc) is 3.83. The first-order valence-electron chi connectivity index (χ1n) is 18.7. The monoisotopic (exact) mass is 735 g/mol. The van der Waals surface area contributed by atoms with Crippen molar-refractivity contribution in [3.63, 3.8) is 0 Å². The van der Waals surface area contributed by atoms with Crippen LogP contribution in [-0.4, -0.2) is 0 Å². The Bertz CT molecular complexity index is 3190. The summed E-state index contributed by atoms with van der Waals surface area (Å²) < 4.78 is 5.20. The molecule has 0 unspecified atom stereocenters. The molecule has 0 bridgehead atoms. The fourth-order valence-electron chi connectivity index (χ4n) is 8.14. The number of benzene rings is 9. The zero-order valence-corrected chi connectivity index (χ0v) is 31.4. The van der Waals surface area contributed by atoms with Crippen molar-refractivity contribution < 1.29 is 0 Å². The SMILES string of the molecule is c1ccc(-c2cc(-c3ccccc3)c3sc4c(N(c5ccc(-c6ccc7ccccc7c6)cc5)c5ccc6sc7ccccc7c6c5)cccc4c3c2)cc1. The molecule has 0 spiro atoms. The van der Waals surface area contributed by atoms with Gasteiger partial charge in [-0.05, 0) is 99.3 Å². The van der Waals surface area contributed by atoms with Gasteiger partial charge in [-0.1, -0.05) is 140 Å². The van der Waals surface area contributed by atoms with Crippen LogP contribution in [0.2, 0.25) is 0 Å². The summed E-state index contributed by atoms with van der Waals surface area (Å²) in [5, 5.41) is 7.66. The largest absolute Gasteiger partial charge is 0.309 e. The summed E-state index contributed by atoms with van der Waals surface area (Å²) in [6.45, 7) is 0. The predicted octanol–water partition coefficient (Wildman–Crippen LogP) is 16.0. The minimum atomic E-state index is 1.13. The third kappa shape index (κ3) is 5.51. The highest BCUT2D eigenvalue weighted by molar-refractivity contribution is 7.27. The lowest BCUT2D eigenvalue weighted by atomic mass is 9.96. The first kappa shape index (κ1) is 32.0. The number of thiophene rings is 2. The molecule has 0 atom stereocenters. The molecule has 2 aromatic heterocycles. The molecule has 1 nitrogen and oxygen atoms in total. The van der Waals surface area contributed by atoms with Crippen molar-refractivity contribution in [3.05, 3.63) is 200 Å². The van der Waals surface area contributed by atoms with Gasteiger partial charge in [0.15, 0.2) is 0 Å². The molecular formula is C52H33NS2. The molecular weight excluding hydrogens is 703 g/mol. The summed E-state index contributed by atoms with van der Waals surface area (Å²) in [7, 11) is 0. The van der Waals surface area contributed by atoms with Crippen LogP contribution in [0.25, 0.3) is 84.5 Å². The van der Waals surface area contributed by atoms with Crippen LogP contribution in [0, 0.1) is 0 Å². The molecule has 2 heterocycles. The second kappa shape index (κ2) is 13.1. The van der Waals surface area contributed by atoms with E-state index in [0.717, 1.165) is 11.4 Å². The Labute approximate surface area is 327 Å². The van der Waals surface area contributed by atoms with E-state index in [9.17, 15) is 0 Å². The number of hydrogen-bond donors (Lipinski definition) is 0.